The largest absolute Gasteiger partial charge is 0.326 e. The molecule has 2 aromatic heterocycles. The fourth-order valence-corrected chi connectivity index (χ4v) is 4.01. The van der Waals surface area contributed by atoms with Crippen LogP contribution in [0.5, 0.6) is 0 Å². The third-order valence-corrected chi connectivity index (χ3v) is 5.63. The highest BCUT2D eigenvalue weighted by Gasteiger charge is 2.21. The molecule has 0 aliphatic carbocycles. The van der Waals surface area contributed by atoms with Crippen molar-refractivity contribution in [2.24, 2.45) is 11.7 Å². The highest BCUT2D eigenvalue weighted by atomic mass is 16.1. The first kappa shape index (κ1) is 22.6. The zero-order valence-corrected chi connectivity index (χ0v) is 19.5. The minimum Gasteiger partial charge on any atom is -0.326 e. The standard InChI is InChI=1S/C27H29N5O/c1-16(2)13-23-20(14-28)25(19-11-9-17(3)10-12-19)26(18(4)30-23)32-27(33)24-15-29-21-7-5-6-8-22(21)31-24/h5-12,15-16H,13-14,28H2,1-4H3,(H,32,33). The molecule has 0 saturated carbocycles. The van der Waals surface area contributed by atoms with Crippen LogP contribution in [0, 0.1) is 19.8 Å². The molecule has 2 heterocycles. The third kappa shape index (κ3) is 4.76. The normalized spacial score (nSPS) is 11.2. The Morgan fingerprint density at radius 3 is 2.36 bits per heavy atom. The predicted molar refractivity (Wildman–Crippen MR) is 133 cm³/mol. The van der Waals surface area contributed by atoms with Crippen LogP contribution in [0.25, 0.3) is 22.2 Å². The van der Waals surface area contributed by atoms with Gasteiger partial charge in [-0.3, -0.25) is 14.8 Å². The number of nitrogens with one attached hydrogen (secondary N) is 1. The Labute approximate surface area is 194 Å². The average Bonchev–Trinajstić information content (AvgIpc) is 2.80. The van der Waals surface area contributed by atoms with E-state index in [1.54, 1.807) is 0 Å². The van der Waals surface area contributed by atoms with Crippen LogP contribution in [0.1, 0.15) is 46.9 Å². The molecule has 0 spiro atoms. The zero-order chi connectivity index (χ0) is 23.5. The molecule has 0 bridgehead atoms. The molecule has 0 radical (unpaired) electrons. The second-order valence-corrected chi connectivity index (χ2v) is 8.74. The van der Waals surface area contributed by atoms with Crippen LogP contribution in [0.15, 0.2) is 54.7 Å². The van der Waals surface area contributed by atoms with Gasteiger partial charge in [0, 0.05) is 17.8 Å². The number of anilines is 1. The number of amides is 1. The summed E-state index contributed by atoms with van der Waals surface area (Å²) < 4.78 is 0. The third-order valence-electron chi connectivity index (χ3n) is 5.63. The van der Waals surface area contributed by atoms with Gasteiger partial charge >= 0.3 is 0 Å². The Hall–Kier alpha value is -3.64. The van der Waals surface area contributed by atoms with Crippen molar-refractivity contribution in [3.8, 4) is 11.1 Å². The fourth-order valence-electron chi connectivity index (χ4n) is 4.01. The maximum atomic E-state index is 13.2. The summed E-state index contributed by atoms with van der Waals surface area (Å²) in [5.74, 6) is 0.104. The van der Waals surface area contributed by atoms with E-state index in [9.17, 15) is 4.79 Å². The molecule has 0 unspecified atom stereocenters. The number of aromatic nitrogens is 3. The molecule has 1 amide bonds. The van der Waals surface area contributed by atoms with Crippen LogP contribution >= 0.6 is 0 Å². The minimum atomic E-state index is -0.328. The number of hydrogen-bond acceptors (Lipinski definition) is 5. The lowest BCUT2D eigenvalue weighted by Gasteiger charge is -2.21. The zero-order valence-electron chi connectivity index (χ0n) is 19.5. The van der Waals surface area contributed by atoms with Gasteiger partial charge in [0.1, 0.15) is 5.69 Å². The number of para-hydroxylation sites is 2. The second-order valence-electron chi connectivity index (χ2n) is 8.74. The van der Waals surface area contributed by atoms with E-state index in [1.165, 1.54) is 11.8 Å². The number of nitrogens with two attached hydrogens (primary N) is 1. The summed E-state index contributed by atoms with van der Waals surface area (Å²) in [6.45, 7) is 8.63. The Kier molecular flexibility index (Phi) is 6.47. The van der Waals surface area contributed by atoms with Crippen molar-refractivity contribution in [2.45, 2.75) is 40.7 Å². The summed E-state index contributed by atoms with van der Waals surface area (Å²) in [5.41, 5.74) is 14.3. The summed E-state index contributed by atoms with van der Waals surface area (Å²) in [5, 5.41) is 3.07. The summed E-state index contributed by atoms with van der Waals surface area (Å²) >= 11 is 0. The van der Waals surface area contributed by atoms with Gasteiger partial charge in [-0.1, -0.05) is 55.8 Å². The first-order valence-corrected chi connectivity index (χ1v) is 11.2. The first-order valence-electron chi connectivity index (χ1n) is 11.2. The second kappa shape index (κ2) is 9.46. The molecule has 168 valence electrons. The van der Waals surface area contributed by atoms with E-state index in [2.05, 4.69) is 60.3 Å². The number of aryl methyl sites for hydroxylation is 2. The van der Waals surface area contributed by atoms with Gasteiger partial charge < -0.3 is 11.1 Å². The van der Waals surface area contributed by atoms with Gasteiger partial charge in [-0.2, -0.15) is 0 Å². The molecule has 6 heteroatoms. The summed E-state index contributed by atoms with van der Waals surface area (Å²) in [6.07, 6.45) is 2.32. The van der Waals surface area contributed by atoms with Gasteiger partial charge in [-0.15, -0.1) is 0 Å². The molecule has 0 saturated heterocycles. The molecule has 6 nitrogen and oxygen atoms in total. The highest BCUT2D eigenvalue weighted by Crippen LogP contribution is 2.36. The molecule has 3 N–H and O–H groups in total. The highest BCUT2D eigenvalue weighted by molar-refractivity contribution is 6.06. The monoisotopic (exact) mass is 439 g/mol. The van der Waals surface area contributed by atoms with E-state index >= 15 is 0 Å². The number of carbonyl (C=O) groups is 1. The van der Waals surface area contributed by atoms with Crippen molar-refractivity contribution in [3.05, 3.63) is 82.9 Å². The van der Waals surface area contributed by atoms with Gasteiger partial charge in [0.05, 0.1) is 28.6 Å². The molecule has 0 fully saturated rings. The minimum absolute atomic E-state index is 0.253. The quantitative estimate of drug-likeness (QED) is 0.430. The molecule has 2 aromatic carbocycles. The lowest BCUT2D eigenvalue weighted by atomic mass is 9.92. The Bertz CT molecular complexity index is 1310. The molecular weight excluding hydrogens is 410 g/mol. The van der Waals surface area contributed by atoms with Crippen LogP contribution in [0.2, 0.25) is 0 Å². The van der Waals surface area contributed by atoms with Crippen LogP contribution in [-0.2, 0) is 13.0 Å². The van der Waals surface area contributed by atoms with Crippen LogP contribution in [0.3, 0.4) is 0 Å². The predicted octanol–water partition coefficient (Wildman–Crippen LogP) is 5.22. The maximum Gasteiger partial charge on any atom is 0.275 e. The van der Waals surface area contributed by atoms with Crippen molar-refractivity contribution in [2.75, 3.05) is 5.32 Å². The van der Waals surface area contributed by atoms with E-state index in [1.807, 2.05) is 31.2 Å². The topological polar surface area (TPSA) is 93.8 Å². The number of benzene rings is 2. The van der Waals surface area contributed by atoms with Crippen molar-refractivity contribution < 1.29 is 4.79 Å². The Balaban J connectivity index is 1.83. The van der Waals surface area contributed by atoms with E-state index in [-0.39, 0.29) is 11.6 Å². The van der Waals surface area contributed by atoms with Gasteiger partial charge in [0.2, 0.25) is 0 Å². The van der Waals surface area contributed by atoms with E-state index < -0.39 is 0 Å². The lowest BCUT2D eigenvalue weighted by molar-refractivity contribution is 0.102. The summed E-state index contributed by atoms with van der Waals surface area (Å²) in [7, 11) is 0. The van der Waals surface area contributed by atoms with E-state index in [4.69, 9.17) is 10.7 Å². The number of rotatable bonds is 6. The molecular formula is C27H29N5O. The van der Waals surface area contributed by atoms with Gasteiger partial charge in [0.25, 0.3) is 5.91 Å². The van der Waals surface area contributed by atoms with Gasteiger partial charge in [-0.25, -0.2) is 4.98 Å². The molecule has 33 heavy (non-hydrogen) atoms. The average molecular weight is 440 g/mol. The molecule has 0 aliphatic heterocycles. The number of hydrogen-bond donors (Lipinski definition) is 2. The molecule has 0 atom stereocenters. The first-order chi connectivity index (χ1) is 15.9. The molecule has 0 aliphatic rings. The summed E-state index contributed by atoms with van der Waals surface area (Å²) in [4.78, 5) is 27.0. The van der Waals surface area contributed by atoms with E-state index in [0.717, 1.165) is 40.0 Å². The fraction of sp³-hybridized carbons (Fsp3) is 0.259. The number of pyridine rings is 1. The van der Waals surface area contributed by atoms with Crippen LogP contribution in [-0.4, -0.2) is 20.9 Å². The van der Waals surface area contributed by atoms with Crippen LogP contribution < -0.4 is 11.1 Å². The van der Waals surface area contributed by atoms with Crippen LogP contribution in [0.4, 0.5) is 5.69 Å². The van der Waals surface area contributed by atoms with Crippen molar-refractivity contribution in [1.29, 1.82) is 0 Å². The summed E-state index contributed by atoms with van der Waals surface area (Å²) in [6, 6.07) is 15.7. The van der Waals surface area contributed by atoms with Gasteiger partial charge in [-0.05, 0) is 49.4 Å². The van der Waals surface area contributed by atoms with Crippen molar-refractivity contribution in [3.63, 3.8) is 0 Å². The molecule has 4 rings (SSSR count). The SMILES string of the molecule is Cc1ccc(-c2c(CN)c(CC(C)C)nc(C)c2NC(=O)c2cnc3ccccc3n2)cc1. The maximum absolute atomic E-state index is 13.2. The number of nitrogens with zero attached hydrogens (tertiary/aromatic N) is 3. The van der Waals surface area contributed by atoms with Gasteiger partial charge in [0.15, 0.2) is 0 Å². The smallest absolute Gasteiger partial charge is 0.275 e. The number of carbonyl (C=O) groups excluding carboxylic acids is 1. The Morgan fingerprint density at radius 1 is 1.00 bits per heavy atom. The molecule has 4 aromatic rings. The number of fused-ring (bicyclic) bond motifs is 1. The Morgan fingerprint density at radius 2 is 1.70 bits per heavy atom. The van der Waals surface area contributed by atoms with Crippen molar-refractivity contribution in [1.82, 2.24) is 15.0 Å². The van der Waals surface area contributed by atoms with Crippen molar-refractivity contribution >= 4 is 22.6 Å². The lowest BCUT2D eigenvalue weighted by Crippen LogP contribution is -2.19. The van der Waals surface area contributed by atoms with E-state index in [0.29, 0.717) is 23.7 Å².